The molecule has 1 saturated heterocycles. The van der Waals surface area contributed by atoms with E-state index in [9.17, 15) is 9.18 Å². The van der Waals surface area contributed by atoms with Crippen LogP contribution < -0.4 is 4.90 Å². The largest absolute Gasteiger partial charge is 0.452 e. The zero-order valence-electron chi connectivity index (χ0n) is 13.7. The second-order valence-corrected chi connectivity index (χ2v) is 5.77. The van der Waals surface area contributed by atoms with Crippen LogP contribution in [0.25, 0.3) is 0 Å². The van der Waals surface area contributed by atoms with Gasteiger partial charge in [-0.3, -0.25) is 0 Å². The van der Waals surface area contributed by atoms with E-state index in [-0.39, 0.29) is 18.1 Å². The van der Waals surface area contributed by atoms with E-state index in [2.05, 4.69) is 15.0 Å². The van der Waals surface area contributed by atoms with Gasteiger partial charge in [0.2, 0.25) is 0 Å². The number of esters is 1. The molecule has 2 heterocycles. The van der Waals surface area contributed by atoms with Crippen molar-refractivity contribution >= 4 is 11.7 Å². The Balaban J connectivity index is 1.64. The molecule has 0 atom stereocenters. The van der Waals surface area contributed by atoms with Gasteiger partial charge >= 0.3 is 5.97 Å². The van der Waals surface area contributed by atoms with E-state index in [0.717, 1.165) is 26.2 Å². The number of carbonyl (C=O) groups excluding carboxylic acids is 1. The topological polar surface area (TPSA) is 71.7 Å². The number of anilines is 1. The van der Waals surface area contributed by atoms with Crippen molar-refractivity contribution in [1.29, 1.82) is 0 Å². The first-order chi connectivity index (χ1) is 11.5. The van der Waals surface area contributed by atoms with Crippen molar-refractivity contribution in [3.63, 3.8) is 0 Å². The standard InChI is InChI=1S/C16H19FN4O3/c1-11-18-15(24-19-11)10-23-16(22)12-3-4-14(13(17)9-12)21-7-5-20(2)6-8-21/h3-4,9H,5-8,10H2,1-2H3. The van der Waals surface area contributed by atoms with E-state index < -0.39 is 11.8 Å². The van der Waals surface area contributed by atoms with Gasteiger partial charge < -0.3 is 19.1 Å². The summed E-state index contributed by atoms with van der Waals surface area (Å²) in [6.07, 6.45) is 0. The lowest BCUT2D eigenvalue weighted by molar-refractivity contribution is 0.0429. The predicted octanol–water partition coefficient (Wildman–Crippen LogP) is 1.63. The van der Waals surface area contributed by atoms with Crippen LogP contribution in [0.2, 0.25) is 0 Å². The van der Waals surface area contributed by atoms with E-state index in [1.165, 1.54) is 6.07 Å². The minimum atomic E-state index is -0.630. The van der Waals surface area contributed by atoms with Gasteiger partial charge in [0.05, 0.1) is 11.3 Å². The Labute approximate surface area is 139 Å². The molecule has 2 aromatic rings. The summed E-state index contributed by atoms with van der Waals surface area (Å²) in [6.45, 7) is 4.81. The Morgan fingerprint density at radius 2 is 2.08 bits per heavy atom. The summed E-state index contributed by atoms with van der Waals surface area (Å²) >= 11 is 0. The van der Waals surface area contributed by atoms with Gasteiger partial charge in [-0.15, -0.1) is 0 Å². The highest BCUT2D eigenvalue weighted by Crippen LogP contribution is 2.22. The number of likely N-dealkylation sites (N-methyl/N-ethyl adjacent to an activating group) is 1. The summed E-state index contributed by atoms with van der Waals surface area (Å²) in [5.74, 6) is -0.392. The molecule has 0 bridgehead atoms. The van der Waals surface area contributed by atoms with E-state index >= 15 is 0 Å². The van der Waals surface area contributed by atoms with Crippen molar-refractivity contribution in [3.8, 4) is 0 Å². The molecule has 0 aliphatic carbocycles. The maximum absolute atomic E-state index is 14.4. The second-order valence-electron chi connectivity index (χ2n) is 5.77. The molecule has 1 aromatic heterocycles. The smallest absolute Gasteiger partial charge is 0.338 e. The van der Waals surface area contributed by atoms with Gasteiger partial charge in [0.1, 0.15) is 5.82 Å². The molecular formula is C16H19FN4O3. The predicted molar refractivity (Wildman–Crippen MR) is 84.3 cm³/mol. The first-order valence-corrected chi connectivity index (χ1v) is 7.72. The lowest BCUT2D eigenvalue weighted by atomic mass is 10.1. The van der Waals surface area contributed by atoms with Crippen LogP contribution in [0.4, 0.5) is 10.1 Å². The number of ether oxygens (including phenoxy) is 1. The number of carbonyl (C=O) groups is 1. The van der Waals surface area contributed by atoms with Crippen LogP contribution in [0.3, 0.4) is 0 Å². The zero-order chi connectivity index (χ0) is 17.1. The van der Waals surface area contributed by atoms with E-state index in [0.29, 0.717) is 11.5 Å². The summed E-state index contributed by atoms with van der Waals surface area (Å²) in [7, 11) is 2.04. The number of rotatable bonds is 4. The van der Waals surface area contributed by atoms with Crippen LogP contribution in [0.15, 0.2) is 22.7 Å². The molecule has 0 N–H and O–H groups in total. The fraction of sp³-hybridized carbons (Fsp3) is 0.438. The average molecular weight is 334 g/mol. The third-order valence-corrected chi connectivity index (χ3v) is 3.92. The monoisotopic (exact) mass is 334 g/mol. The van der Waals surface area contributed by atoms with Crippen molar-refractivity contribution in [2.75, 3.05) is 38.1 Å². The van der Waals surface area contributed by atoms with Crippen LogP contribution in [0, 0.1) is 12.7 Å². The minimum Gasteiger partial charge on any atom is -0.452 e. The summed E-state index contributed by atoms with van der Waals surface area (Å²) in [4.78, 5) is 20.1. The highest BCUT2D eigenvalue weighted by atomic mass is 19.1. The third-order valence-electron chi connectivity index (χ3n) is 3.92. The number of benzene rings is 1. The van der Waals surface area contributed by atoms with Crippen LogP contribution >= 0.6 is 0 Å². The molecule has 0 radical (unpaired) electrons. The SMILES string of the molecule is Cc1noc(COC(=O)c2ccc(N3CCN(C)CC3)c(F)c2)n1. The van der Waals surface area contributed by atoms with Gasteiger partial charge in [-0.2, -0.15) is 4.98 Å². The highest BCUT2D eigenvalue weighted by Gasteiger charge is 2.19. The van der Waals surface area contributed by atoms with Crippen LogP contribution in [0.5, 0.6) is 0 Å². The molecule has 0 saturated carbocycles. The second kappa shape index (κ2) is 6.96. The molecule has 0 spiro atoms. The number of aromatic nitrogens is 2. The zero-order valence-corrected chi connectivity index (χ0v) is 13.7. The Hall–Kier alpha value is -2.48. The van der Waals surface area contributed by atoms with Gasteiger partial charge in [-0.05, 0) is 32.2 Å². The van der Waals surface area contributed by atoms with Crippen molar-refractivity contribution < 1.29 is 18.4 Å². The maximum atomic E-state index is 14.4. The molecule has 3 rings (SSSR count). The Bertz CT molecular complexity index is 726. The minimum absolute atomic E-state index is 0.137. The van der Waals surface area contributed by atoms with E-state index in [4.69, 9.17) is 9.26 Å². The van der Waals surface area contributed by atoms with E-state index in [1.807, 2.05) is 11.9 Å². The first kappa shape index (κ1) is 16.4. The first-order valence-electron chi connectivity index (χ1n) is 7.72. The molecule has 24 heavy (non-hydrogen) atoms. The Morgan fingerprint density at radius 3 is 2.71 bits per heavy atom. The molecule has 128 valence electrons. The fourth-order valence-electron chi connectivity index (χ4n) is 2.55. The third kappa shape index (κ3) is 3.70. The van der Waals surface area contributed by atoms with Crippen LogP contribution in [0.1, 0.15) is 22.1 Å². The highest BCUT2D eigenvalue weighted by molar-refractivity contribution is 5.89. The van der Waals surface area contributed by atoms with Crippen molar-refractivity contribution in [2.24, 2.45) is 0 Å². The number of hydrogen-bond donors (Lipinski definition) is 0. The molecule has 1 aliphatic heterocycles. The fourth-order valence-corrected chi connectivity index (χ4v) is 2.55. The average Bonchev–Trinajstić information content (AvgIpc) is 2.99. The van der Waals surface area contributed by atoms with Crippen molar-refractivity contribution in [3.05, 3.63) is 41.3 Å². The van der Waals surface area contributed by atoms with Crippen LogP contribution in [-0.2, 0) is 11.3 Å². The Morgan fingerprint density at radius 1 is 1.33 bits per heavy atom. The molecule has 0 amide bonds. The summed E-state index contributed by atoms with van der Waals surface area (Å²) < 4.78 is 24.3. The number of aryl methyl sites for hydroxylation is 1. The van der Waals surface area contributed by atoms with Gasteiger partial charge in [0, 0.05) is 26.2 Å². The lowest BCUT2D eigenvalue weighted by Crippen LogP contribution is -2.44. The van der Waals surface area contributed by atoms with Crippen molar-refractivity contribution in [1.82, 2.24) is 15.0 Å². The van der Waals surface area contributed by atoms with Crippen molar-refractivity contribution in [2.45, 2.75) is 13.5 Å². The maximum Gasteiger partial charge on any atom is 0.338 e. The summed E-state index contributed by atoms with van der Waals surface area (Å²) in [5.41, 5.74) is 0.661. The summed E-state index contributed by atoms with van der Waals surface area (Å²) in [6, 6.07) is 4.39. The molecule has 1 fully saturated rings. The molecule has 7 nitrogen and oxygen atoms in total. The molecule has 1 aromatic carbocycles. The number of halogens is 1. The molecular weight excluding hydrogens is 315 g/mol. The quantitative estimate of drug-likeness (QED) is 0.787. The van der Waals surface area contributed by atoms with Gasteiger partial charge in [0.15, 0.2) is 12.4 Å². The lowest BCUT2D eigenvalue weighted by Gasteiger charge is -2.34. The van der Waals surface area contributed by atoms with Gasteiger partial charge in [-0.25, -0.2) is 9.18 Å². The van der Waals surface area contributed by atoms with E-state index in [1.54, 1.807) is 19.1 Å². The summed E-state index contributed by atoms with van der Waals surface area (Å²) in [5, 5.41) is 3.60. The number of nitrogens with zero attached hydrogens (tertiary/aromatic N) is 4. The van der Waals surface area contributed by atoms with Crippen LogP contribution in [-0.4, -0.2) is 54.2 Å². The van der Waals surface area contributed by atoms with Gasteiger partial charge in [-0.1, -0.05) is 5.16 Å². The van der Waals surface area contributed by atoms with Gasteiger partial charge in [0.25, 0.3) is 5.89 Å². The molecule has 1 aliphatic rings. The number of piperazine rings is 1. The normalized spacial score (nSPS) is 15.5. The number of hydrogen-bond acceptors (Lipinski definition) is 7. The Kier molecular flexibility index (Phi) is 4.75. The molecule has 0 unspecified atom stereocenters. The molecule has 8 heteroatoms.